The van der Waals surface area contributed by atoms with E-state index in [1.165, 1.54) is 30.5 Å². The standard InChI is InChI=1S/C24H31N3O3/c1-29-23-13-19(9-10-22(23)30-17-24(25)28)14-27-15-20-8-5-11-26(20)16-21(27)12-18-6-3-2-4-7-18/h2-4,6-7,9-10,13,20-21H,5,8,11-12,14-17H2,1H3,(H2,25,28)/t20-,21-/m0/s1. The Morgan fingerprint density at radius 2 is 1.93 bits per heavy atom. The Morgan fingerprint density at radius 3 is 2.70 bits per heavy atom. The number of hydrogen-bond donors (Lipinski definition) is 1. The van der Waals surface area contributed by atoms with Crippen molar-refractivity contribution in [3.05, 3.63) is 59.7 Å². The van der Waals surface area contributed by atoms with Crippen molar-refractivity contribution in [2.24, 2.45) is 5.73 Å². The average molecular weight is 410 g/mol. The summed E-state index contributed by atoms with van der Waals surface area (Å²) in [5.41, 5.74) is 7.76. The van der Waals surface area contributed by atoms with Crippen molar-refractivity contribution in [2.45, 2.75) is 37.9 Å². The Hall–Kier alpha value is -2.57. The van der Waals surface area contributed by atoms with Gasteiger partial charge in [0.15, 0.2) is 18.1 Å². The maximum absolute atomic E-state index is 11.0. The van der Waals surface area contributed by atoms with Crippen molar-refractivity contribution in [1.29, 1.82) is 0 Å². The zero-order valence-corrected chi connectivity index (χ0v) is 17.6. The van der Waals surface area contributed by atoms with Gasteiger partial charge in [0.05, 0.1) is 7.11 Å². The van der Waals surface area contributed by atoms with Crippen LogP contribution in [0.4, 0.5) is 0 Å². The predicted molar refractivity (Wildman–Crippen MR) is 117 cm³/mol. The zero-order valence-electron chi connectivity index (χ0n) is 17.6. The highest BCUT2D eigenvalue weighted by Gasteiger charge is 2.36. The molecule has 0 radical (unpaired) electrons. The molecule has 2 aliphatic rings. The number of carbonyl (C=O) groups excluding carboxylic acids is 1. The van der Waals surface area contributed by atoms with Crippen LogP contribution < -0.4 is 15.2 Å². The number of nitrogens with zero attached hydrogens (tertiary/aromatic N) is 2. The van der Waals surface area contributed by atoms with E-state index in [0.717, 1.165) is 26.1 Å². The van der Waals surface area contributed by atoms with Gasteiger partial charge in [0.1, 0.15) is 0 Å². The van der Waals surface area contributed by atoms with Crippen LogP contribution in [0.25, 0.3) is 0 Å². The van der Waals surface area contributed by atoms with Crippen molar-refractivity contribution in [2.75, 3.05) is 33.4 Å². The fraction of sp³-hybridized carbons (Fsp3) is 0.458. The monoisotopic (exact) mass is 409 g/mol. The molecule has 6 heteroatoms. The third-order valence-electron chi connectivity index (χ3n) is 6.20. The SMILES string of the molecule is COc1cc(CN2C[C@@H]3CCCN3C[C@@H]2Cc2ccccc2)ccc1OCC(N)=O. The molecule has 0 bridgehead atoms. The largest absolute Gasteiger partial charge is 0.493 e. The molecule has 0 unspecified atom stereocenters. The first-order valence-electron chi connectivity index (χ1n) is 10.7. The maximum atomic E-state index is 11.0. The number of ether oxygens (including phenoxy) is 2. The van der Waals surface area contributed by atoms with Crippen molar-refractivity contribution in [3.63, 3.8) is 0 Å². The normalized spacial score (nSPS) is 21.9. The number of fused-ring (bicyclic) bond motifs is 1. The first kappa shape index (κ1) is 20.7. The minimum atomic E-state index is -0.501. The Kier molecular flexibility index (Phi) is 6.55. The second kappa shape index (κ2) is 9.49. The number of hydrogen-bond acceptors (Lipinski definition) is 5. The Labute approximate surface area is 178 Å². The molecule has 6 nitrogen and oxygen atoms in total. The lowest BCUT2D eigenvalue weighted by atomic mass is 9.99. The number of rotatable bonds is 8. The summed E-state index contributed by atoms with van der Waals surface area (Å²) >= 11 is 0. The highest BCUT2D eigenvalue weighted by Crippen LogP contribution is 2.31. The predicted octanol–water partition coefficient (Wildman–Crippen LogP) is 2.45. The number of benzene rings is 2. The van der Waals surface area contributed by atoms with Crippen LogP contribution in [0.3, 0.4) is 0 Å². The molecular formula is C24H31N3O3. The summed E-state index contributed by atoms with van der Waals surface area (Å²) in [6.45, 7) is 4.16. The van der Waals surface area contributed by atoms with E-state index in [-0.39, 0.29) is 6.61 Å². The first-order valence-corrected chi connectivity index (χ1v) is 10.7. The van der Waals surface area contributed by atoms with Gasteiger partial charge < -0.3 is 15.2 Å². The summed E-state index contributed by atoms with van der Waals surface area (Å²) in [5, 5.41) is 0. The van der Waals surface area contributed by atoms with Crippen LogP contribution in [0.2, 0.25) is 0 Å². The minimum Gasteiger partial charge on any atom is -0.493 e. The molecule has 0 saturated carbocycles. The summed E-state index contributed by atoms with van der Waals surface area (Å²) in [7, 11) is 1.62. The van der Waals surface area contributed by atoms with Crippen LogP contribution in [0.1, 0.15) is 24.0 Å². The van der Waals surface area contributed by atoms with Crippen molar-refractivity contribution in [1.82, 2.24) is 9.80 Å². The third kappa shape index (κ3) is 4.94. The number of amides is 1. The Morgan fingerprint density at radius 1 is 1.10 bits per heavy atom. The second-order valence-corrected chi connectivity index (χ2v) is 8.30. The molecule has 0 spiro atoms. The van der Waals surface area contributed by atoms with Gasteiger partial charge >= 0.3 is 0 Å². The summed E-state index contributed by atoms with van der Waals surface area (Å²) in [6, 6.07) is 17.9. The van der Waals surface area contributed by atoms with Gasteiger partial charge in [-0.05, 0) is 49.1 Å². The van der Waals surface area contributed by atoms with E-state index in [1.807, 2.05) is 12.1 Å². The number of primary amides is 1. The number of nitrogens with two attached hydrogens (primary N) is 1. The zero-order chi connectivity index (χ0) is 20.9. The molecular weight excluding hydrogens is 378 g/mol. The van der Waals surface area contributed by atoms with Gasteiger partial charge in [0.25, 0.3) is 5.91 Å². The third-order valence-corrected chi connectivity index (χ3v) is 6.20. The van der Waals surface area contributed by atoms with Gasteiger partial charge in [-0.2, -0.15) is 0 Å². The molecule has 2 heterocycles. The lowest BCUT2D eigenvalue weighted by Crippen LogP contribution is -2.56. The van der Waals surface area contributed by atoms with Gasteiger partial charge in [-0.25, -0.2) is 0 Å². The highest BCUT2D eigenvalue weighted by atomic mass is 16.5. The maximum Gasteiger partial charge on any atom is 0.255 e. The van der Waals surface area contributed by atoms with E-state index >= 15 is 0 Å². The van der Waals surface area contributed by atoms with Crippen molar-refractivity contribution >= 4 is 5.91 Å². The molecule has 2 aliphatic heterocycles. The van der Waals surface area contributed by atoms with Crippen LogP contribution in [0.5, 0.6) is 11.5 Å². The smallest absolute Gasteiger partial charge is 0.255 e. The summed E-state index contributed by atoms with van der Waals surface area (Å²) in [4.78, 5) is 16.3. The van der Waals surface area contributed by atoms with Crippen molar-refractivity contribution < 1.29 is 14.3 Å². The van der Waals surface area contributed by atoms with Gasteiger partial charge in [-0.15, -0.1) is 0 Å². The molecule has 0 aromatic heterocycles. The molecule has 2 fully saturated rings. The van der Waals surface area contributed by atoms with Crippen LogP contribution in [-0.4, -0.2) is 61.1 Å². The van der Waals surface area contributed by atoms with E-state index < -0.39 is 5.91 Å². The average Bonchev–Trinajstić information content (AvgIpc) is 3.20. The highest BCUT2D eigenvalue weighted by molar-refractivity contribution is 5.75. The Bertz CT molecular complexity index is 858. The van der Waals surface area contributed by atoms with E-state index in [9.17, 15) is 4.79 Å². The summed E-state index contributed by atoms with van der Waals surface area (Å²) in [5.74, 6) is 0.675. The van der Waals surface area contributed by atoms with Crippen LogP contribution in [0.15, 0.2) is 48.5 Å². The minimum absolute atomic E-state index is 0.154. The summed E-state index contributed by atoms with van der Waals surface area (Å²) in [6.07, 6.45) is 3.65. The fourth-order valence-electron chi connectivity index (χ4n) is 4.73. The lowest BCUT2D eigenvalue weighted by Gasteiger charge is -2.44. The first-order chi connectivity index (χ1) is 14.6. The van der Waals surface area contributed by atoms with E-state index in [2.05, 4.69) is 46.2 Å². The molecule has 2 atom stereocenters. The molecule has 1 amide bonds. The molecule has 160 valence electrons. The Balaban J connectivity index is 1.50. The fourth-order valence-corrected chi connectivity index (χ4v) is 4.73. The van der Waals surface area contributed by atoms with Crippen LogP contribution in [0, 0.1) is 0 Å². The summed E-state index contributed by atoms with van der Waals surface area (Å²) < 4.78 is 11.0. The number of piperazine rings is 1. The van der Waals surface area contributed by atoms with Gasteiger partial charge in [-0.1, -0.05) is 36.4 Å². The van der Waals surface area contributed by atoms with Crippen LogP contribution in [-0.2, 0) is 17.8 Å². The molecule has 2 N–H and O–H groups in total. The molecule has 0 aliphatic carbocycles. The topological polar surface area (TPSA) is 68.0 Å². The number of methoxy groups -OCH3 is 1. The van der Waals surface area contributed by atoms with E-state index in [4.69, 9.17) is 15.2 Å². The molecule has 4 rings (SSSR count). The molecule has 2 aromatic carbocycles. The molecule has 2 saturated heterocycles. The van der Waals surface area contributed by atoms with Gasteiger partial charge in [0, 0.05) is 31.7 Å². The van der Waals surface area contributed by atoms with Crippen LogP contribution >= 0.6 is 0 Å². The second-order valence-electron chi connectivity index (χ2n) is 8.30. The van der Waals surface area contributed by atoms with Gasteiger partial charge in [-0.3, -0.25) is 14.6 Å². The van der Waals surface area contributed by atoms with E-state index in [1.54, 1.807) is 7.11 Å². The van der Waals surface area contributed by atoms with E-state index in [0.29, 0.717) is 23.6 Å². The lowest BCUT2D eigenvalue weighted by molar-refractivity contribution is -0.119. The molecule has 2 aromatic rings. The van der Waals surface area contributed by atoms with Gasteiger partial charge in [0.2, 0.25) is 0 Å². The molecule has 30 heavy (non-hydrogen) atoms. The van der Waals surface area contributed by atoms with Crippen molar-refractivity contribution in [3.8, 4) is 11.5 Å². The quantitative estimate of drug-likeness (QED) is 0.725. The number of carbonyl (C=O) groups is 1.